The summed E-state index contributed by atoms with van der Waals surface area (Å²) >= 11 is 0. The van der Waals surface area contributed by atoms with Gasteiger partial charge in [0.1, 0.15) is 6.61 Å². The van der Waals surface area contributed by atoms with Gasteiger partial charge in [0.15, 0.2) is 0 Å². The molecule has 2 unspecified atom stereocenters. The van der Waals surface area contributed by atoms with Gasteiger partial charge < -0.3 is 14.5 Å². The number of hydrogen-bond acceptors (Lipinski definition) is 5. The van der Waals surface area contributed by atoms with Crippen LogP contribution in [0.1, 0.15) is 24.4 Å². The van der Waals surface area contributed by atoms with Gasteiger partial charge >= 0.3 is 6.09 Å². The number of hydrogen-bond donors (Lipinski definition) is 0. The molecule has 28 heavy (non-hydrogen) atoms. The van der Waals surface area contributed by atoms with E-state index >= 15 is 0 Å². The summed E-state index contributed by atoms with van der Waals surface area (Å²) < 4.78 is 5.15. The Morgan fingerprint density at radius 3 is 2.82 bits per heavy atom. The standard InChI is InChI=1S/C21H22N4O3/c26-20(25-16-7-9-23(14-16)19-13-22-8-6-17(19)25)12-18(15-4-2-1-3-5-15)24-10-11-28-21(24)27/h1-6,8,13,16,18H,7,9-12,14H2. The fourth-order valence-electron chi connectivity index (χ4n) is 4.57. The Balaban J connectivity index is 1.47. The van der Waals surface area contributed by atoms with Crippen molar-refractivity contribution in [3.05, 3.63) is 54.4 Å². The zero-order chi connectivity index (χ0) is 19.1. The lowest BCUT2D eigenvalue weighted by Gasteiger charge is -2.37. The predicted octanol–water partition coefficient (Wildman–Crippen LogP) is 2.59. The highest BCUT2D eigenvalue weighted by Gasteiger charge is 2.41. The summed E-state index contributed by atoms with van der Waals surface area (Å²) in [7, 11) is 0. The first-order valence-electron chi connectivity index (χ1n) is 9.72. The molecular formula is C21H22N4O3. The van der Waals surface area contributed by atoms with Crippen molar-refractivity contribution in [3.8, 4) is 0 Å². The normalized spacial score (nSPS) is 21.5. The number of carbonyl (C=O) groups is 2. The number of aromatic nitrogens is 1. The maximum absolute atomic E-state index is 13.5. The fourth-order valence-corrected chi connectivity index (χ4v) is 4.57. The molecule has 1 aromatic heterocycles. The number of pyridine rings is 1. The quantitative estimate of drug-likeness (QED) is 0.818. The van der Waals surface area contributed by atoms with E-state index < -0.39 is 0 Å². The molecule has 0 N–H and O–H groups in total. The third-order valence-corrected chi connectivity index (χ3v) is 5.90. The molecule has 3 aliphatic heterocycles. The number of ether oxygens (including phenoxy) is 1. The third kappa shape index (κ3) is 2.78. The topological polar surface area (TPSA) is 66.0 Å². The van der Waals surface area contributed by atoms with Gasteiger partial charge in [-0.05, 0) is 18.1 Å². The van der Waals surface area contributed by atoms with Crippen LogP contribution in [0, 0.1) is 0 Å². The van der Waals surface area contributed by atoms with Gasteiger partial charge in [-0.15, -0.1) is 0 Å². The molecule has 4 heterocycles. The van der Waals surface area contributed by atoms with Gasteiger partial charge in [-0.25, -0.2) is 4.79 Å². The molecule has 2 bridgehead atoms. The SMILES string of the molecule is O=C1OCCN1C(CC(=O)N1c2ccncc2N2CCC1C2)c1ccccc1. The molecule has 144 valence electrons. The summed E-state index contributed by atoms with van der Waals surface area (Å²) in [5.74, 6) is 0.0348. The predicted molar refractivity (Wildman–Crippen MR) is 104 cm³/mol. The fraction of sp³-hybridized carbons (Fsp3) is 0.381. The Hall–Kier alpha value is -3.09. The minimum Gasteiger partial charge on any atom is -0.448 e. The summed E-state index contributed by atoms with van der Waals surface area (Å²) in [6.45, 7) is 2.65. The Morgan fingerprint density at radius 2 is 2.04 bits per heavy atom. The molecule has 0 saturated carbocycles. The molecule has 1 aromatic carbocycles. The van der Waals surface area contributed by atoms with E-state index in [1.165, 1.54) is 0 Å². The van der Waals surface area contributed by atoms with Crippen molar-refractivity contribution in [1.29, 1.82) is 0 Å². The van der Waals surface area contributed by atoms with Crippen molar-refractivity contribution in [2.24, 2.45) is 0 Å². The highest BCUT2D eigenvalue weighted by molar-refractivity contribution is 5.99. The van der Waals surface area contributed by atoms with Crippen LogP contribution >= 0.6 is 0 Å². The van der Waals surface area contributed by atoms with Crippen molar-refractivity contribution in [3.63, 3.8) is 0 Å². The Kier molecular flexibility index (Phi) is 4.15. The Labute approximate surface area is 163 Å². The van der Waals surface area contributed by atoms with Gasteiger partial charge in [-0.3, -0.25) is 14.7 Å². The van der Waals surface area contributed by atoms with Crippen molar-refractivity contribution >= 4 is 23.4 Å². The lowest BCUT2D eigenvalue weighted by molar-refractivity contribution is -0.120. The third-order valence-electron chi connectivity index (χ3n) is 5.90. The molecule has 5 rings (SSSR count). The maximum atomic E-state index is 13.5. The van der Waals surface area contributed by atoms with Crippen molar-refractivity contribution in [1.82, 2.24) is 9.88 Å². The van der Waals surface area contributed by atoms with Crippen LogP contribution in [0.2, 0.25) is 0 Å². The summed E-state index contributed by atoms with van der Waals surface area (Å²) in [5, 5.41) is 0. The second kappa shape index (κ2) is 6.82. The van der Waals surface area contributed by atoms with Crippen LogP contribution < -0.4 is 9.80 Å². The first kappa shape index (κ1) is 17.0. The Morgan fingerprint density at radius 1 is 1.18 bits per heavy atom. The number of nitrogens with zero attached hydrogens (tertiary/aromatic N) is 4. The van der Waals surface area contributed by atoms with E-state index in [2.05, 4.69) is 9.88 Å². The molecule has 2 amide bonds. The molecule has 3 aliphatic rings. The zero-order valence-electron chi connectivity index (χ0n) is 15.5. The van der Waals surface area contributed by atoms with Crippen molar-refractivity contribution in [2.45, 2.75) is 24.9 Å². The smallest absolute Gasteiger partial charge is 0.410 e. The van der Waals surface area contributed by atoms with Crippen LogP contribution in [0.3, 0.4) is 0 Å². The van der Waals surface area contributed by atoms with Crippen LogP contribution in [0.5, 0.6) is 0 Å². The molecule has 2 fully saturated rings. The van der Waals surface area contributed by atoms with Gasteiger partial charge in [-0.1, -0.05) is 30.3 Å². The largest absolute Gasteiger partial charge is 0.448 e. The van der Waals surface area contributed by atoms with E-state index in [1.54, 1.807) is 11.1 Å². The van der Waals surface area contributed by atoms with E-state index in [4.69, 9.17) is 4.74 Å². The molecule has 2 atom stereocenters. The van der Waals surface area contributed by atoms with E-state index in [1.807, 2.05) is 47.5 Å². The van der Waals surface area contributed by atoms with Crippen LogP contribution in [0.4, 0.5) is 16.2 Å². The van der Waals surface area contributed by atoms with E-state index in [9.17, 15) is 9.59 Å². The van der Waals surface area contributed by atoms with Crippen molar-refractivity contribution in [2.75, 3.05) is 36.0 Å². The molecule has 7 nitrogen and oxygen atoms in total. The minimum atomic E-state index is -0.350. The molecule has 2 aromatic rings. The Bertz CT molecular complexity index is 904. The molecule has 7 heteroatoms. The molecular weight excluding hydrogens is 356 g/mol. The second-order valence-electron chi connectivity index (χ2n) is 7.46. The van der Waals surface area contributed by atoms with Crippen LogP contribution in [0.25, 0.3) is 0 Å². The van der Waals surface area contributed by atoms with Gasteiger partial charge in [0.05, 0.1) is 42.6 Å². The monoisotopic (exact) mass is 378 g/mol. The maximum Gasteiger partial charge on any atom is 0.410 e. The summed E-state index contributed by atoms with van der Waals surface area (Å²) in [6, 6.07) is 11.5. The lowest BCUT2D eigenvalue weighted by Crippen LogP contribution is -2.47. The van der Waals surface area contributed by atoms with E-state index in [-0.39, 0.29) is 30.5 Å². The number of carbonyl (C=O) groups excluding carboxylic acids is 2. The van der Waals surface area contributed by atoms with Gasteiger partial charge in [0.25, 0.3) is 0 Å². The van der Waals surface area contributed by atoms with Gasteiger partial charge in [0, 0.05) is 19.3 Å². The average molecular weight is 378 g/mol. The molecule has 0 aliphatic carbocycles. The number of amides is 2. The number of fused-ring (bicyclic) bond motifs is 4. The van der Waals surface area contributed by atoms with Crippen molar-refractivity contribution < 1.29 is 14.3 Å². The molecule has 0 spiro atoms. The van der Waals surface area contributed by atoms with E-state index in [0.29, 0.717) is 13.2 Å². The van der Waals surface area contributed by atoms with Gasteiger partial charge in [0.2, 0.25) is 5.91 Å². The van der Waals surface area contributed by atoms with Gasteiger partial charge in [-0.2, -0.15) is 0 Å². The number of benzene rings is 1. The summed E-state index contributed by atoms with van der Waals surface area (Å²) in [6.07, 6.45) is 4.40. The number of rotatable bonds is 4. The number of anilines is 2. The second-order valence-corrected chi connectivity index (χ2v) is 7.46. The first-order chi connectivity index (χ1) is 13.7. The highest BCUT2D eigenvalue weighted by atomic mass is 16.6. The van der Waals surface area contributed by atoms with Crippen LogP contribution in [-0.2, 0) is 9.53 Å². The van der Waals surface area contributed by atoms with Crippen LogP contribution in [-0.4, -0.2) is 54.2 Å². The number of cyclic esters (lactones) is 1. The molecule has 2 saturated heterocycles. The minimum absolute atomic E-state index is 0.0348. The first-order valence-corrected chi connectivity index (χ1v) is 9.72. The summed E-state index contributed by atoms with van der Waals surface area (Å²) in [5.41, 5.74) is 2.89. The van der Waals surface area contributed by atoms with E-state index in [0.717, 1.165) is 36.4 Å². The average Bonchev–Trinajstić information content (AvgIpc) is 3.34. The molecule has 0 radical (unpaired) electrons. The zero-order valence-corrected chi connectivity index (χ0v) is 15.5. The lowest BCUT2D eigenvalue weighted by atomic mass is 10.00. The highest BCUT2D eigenvalue weighted by Crippen LogP contribution is 2.40. The van der Waals surface area contributed by atoms with Crippen LogP contribution in [0.15, 0.2) is 48.8 Å². The summed E-state index contributed by atoms with van der Waals surface area (Å²) in [4.78, 5) is 35.9.